The lowest BCUT2D eigenvalue weighted by Gasteiger charge is -2.07. The summed E-state index contributed by atoms with van der Waals surface area (Å²) in [7, 11) is 1.32. The maximum Gasteiger partial charge on any atom is 0.310 e. The number of hydrogen-bond acceptors (Lipinski definition) is 4. The fourth-order valence-corrected chi connectivity index (χ4v) is 1.81. The van der Waals surface area contributed by atoms with Crippen LogP contribution in [0.3, 0.4) is 0 Å². The van der Waals surface area contributed by atoms with Gasteiger partial charge in [0.05, 0.1) is 12.0 Å². The highest BCUT2D eigenvalue weighted by molar-refractivity contribution is 6.04. The molecule has 0 heterocycles. The summed E-state index contributed by atoms with van der Waals surface area (Å²) in [6, 6.07) is 11.3. The molecule has 0 fully saturated rings. The molecular weight excluding hydrogens is 272 g/mol. The average Bonchev–Trinajstić information content (AvgIpc) is 2.48. The van der Waals surface area contributed by atoms with Crippen LogP contribution in [0.5, 0.6) is 5.75 Å². The zero-order valence-electron chi connectivity index (χ0n) is 11.6. The molecule has 0 saturated heterocycles. The fraction of sp³-hybridized carbons (Fsp3) is 0.133. The minimum Gasteiger partial charge on any atom is -0.490 e. The number of methoxy groups -OCH3 is 1. The molecule has 0 unspecified atom stereocenters. The zero-order valence-corrected chi connectivity index (χ0v) is 11.6. The normalized spacial score (nSPS) is 10.0. The number of amides is 1. The third-order valence-electron chi connectivity index (χ3n) is 2.95. The van der Waals surface area contributed by atoms with Crippen molar-refractivity contribution in [3.63, 3.8) is 0 Å². The summed E-state index contributed by atoms with van der Waals surface area (Å²) in [6.07, 6.45) is 0. The largest absolute Gasteiger partial charge is 0.490 e. The number of nitro benzene ring substituents is 1. The zero-order chi connectivity index (χ0) is 15.4. The van der Waals surface area contributed by atoms with Crippen molar-refractivity contribution in [2.24, 2.45) is 0 Å². The molecule has 2 aromatic rings. The van der Waals surface area contributed by atoms with Gasteiger partial charge in [0, 0.05) is 23.4 Å². The number of carbonyl (C=O) groups is 1. The Morgan fingerprint density at radius 3 is 2.43 bits per heavy atom. The van der Waals surface area contributed by atoms with E-state index in [0.29, 0.717) is 5.69 Å². The molecule has 0 aliphatic rings. The summed E-state index contributed by atoms with van der Waals surface area (Å²) >= 11 is 0. The van der Waals surface area contributed by atoms with E-state index in [4.69, 9.17) is 4.74 Å². The highest BCUT2D eigenvalue weighted by atomic mass is 16.6. The lowest BCUT2D eigenvalue weighted by atomic mass is 10.1. The van der Waals surface area contributed by atoms with E-state index in [1.54, 1.807) is 12.1 Å². The van der Waals surface area contributed by atoms with Gasteiger partial charge in [0.1, 0.15) is 0 Å². The highest BCUT2D eigenvalue weighted by Crippen LogP contribution is 2.27. The van der Waals surface area contributed by atoms with Crippen molar-refractivity contribution in [1.29, 1.82) is 0 Å². The number of rotatable bonds is 4. The van der Waals surface area contributed by atoms with Crippen molar-refractivity contribution in [2.45, 2.75) is 6.92 Å². The second-order valence-electron chi connectivity index (χ2n) is 4.46. The number of nitrogens with one attached hydrogen (secondary N) is 1. The summed E-state index contributed by atoms with van der Waals surface area (Å²) in [4.78, 5) is 22.4. The van der Waals surface area contributed by atoms with E-state index in [9.17, 15) is 14.9 Å². The molecule has 1 amide bonds. The first-order chi connectivity index (χ1) is 10.0. The Balaban J connectivity index is 2.23. The van der Waals surface area contributed by atoms with E-state index in [1.807, 2.05) is 19.1 Å². The van der Waals surface area contributed by atoms with Crippen LogP contribution in [0.15, 0.2) is 42.5 Å². The molecule has 6 heteroatoms. The Morgan fingerprint density at radius 1 is 1.19 bits per heavy atom. The van der Waals surface area contributed by atoms with Crippen LogP contribution in [0.25, 0.3) is 0 Å². The van der Waals surface area contributed by atoms with Crippen LogP contribution >= 0.6 is 0 Å². The first kappa shape index (κ1) is 14.5. The summed E-state index contributed by atoms with van der Waals surface area (Å²) in [5.74, 6) is -0.302. The van der Waals surface area contributed by atoms with Crippen LogP contribution in [0.1, 0.15) is 15.9 Å². The van der Waals surface area contributed by atoms with Crippen molar-refractivity contribution in [1.82, 2.24) is 0 Å². The molecule has 0 aromatic heterocycles. The molecule has 0 aliphatic carbocycles. The van der Waals surface area contributed by atoms with Crippen LogP contribution in [0.4, 0.5) is 11.4 Å². The number of benzene rings is 2. The summed E-state index contributed by atoms with van der Waals surface area (Å²) in [5.41, 5.74) is 1.86. The molecule has 0 radical (unpaired) electrons. The molecule has 0 atom stereocenters. The first-order valence-electron chi connectivity index (χ1n) is 6.21. The molecule has 0 spiro atoms. The SMILES string of the molecule is COc1cc(C(=O)Nc2ccc(C)cc2)ccc1[N+](=O)[O-]. The van der Waals surface area contributed by atoms with Crippen LogP contribution in [-0.4, -0.2) is 17.9 Å². The van der Waals surface area contributed by atoms with Gasteiger partial charge in [-0.1, -0.05) is 17.7 Å². The van der Waals surface area contributed by atoms with E-state index >= 15 is 0 Å². The van der Waals surface area contributed by atoms with Gasteiger partial charge in [0.25, 0.3) is 5.91 Å². The second kappa shape index (κ2) is 6.04. The van der Waals surface area contributed by atoms with Crippen LogP contribution < -0.4 is 10.1 Å². The molecule has 21 heavy (non-hydrogen) atoms. The number of carbonyl (C=O) groups excluding carboxylic acids is 1. The Kier molecular flexibility index (Phi) is 4.18. The summed E-state index contributed by atoms with van der Waals surface area (Å²) < 4.78 is 4.94. The predicted molar refractivity (Wildman–Crippen MR) is 78.8 cm³/mol. The number of aryl methyl sites for hydroxylation is 1. The molecule has 2 rings (SSSR count). The Hall–Kier alpha value is -2.89. The third-order valence-corrected chi connectivity index (χ3v) is 2.95. The molecule has 108 valence electrons. The third kappa shape index (κ3) is 3.36. The van der Waals surface area contributed by atoms with Gasteiger partial charge in [-0.2, -0.15) is 0 Å². The number of anilines is 1. The average molecular weight is 286 g/mol. The maximum absolute atomic E-state index is 12.1. The molecule has 0 saturated carbocycles. The first-order valence-corrected chi connectivity index (χ1v) is 6.21. The van der Waals surface area contributed by atoms with Crippen molar-refractivity contribution in [2.75, 3.05) is 12.4 Å². The maximum atomic E-state index is 12.1. The van der Waals surface area contributed by atoms with E-state index in [1.165, 1.54) is 25.3 Å². The number of hydrogen-bond donors (Lipinski definition) is 1. The van der Waals surface area contributed by atoms with Gasteiger partial charge in [0.15, 0.2) is 5.75 Å². The van der Waals surface area contributed by atoms with Gasteiger partial charge in [-0.25, -0.2) is 0 Å². The van der Waals surface area contributed by atoms with Gasteiger partial charge in [-0.15, -0.1) is 0 Å². The second-order valence-corrected chi connectivity index (χ2v) is 4.46. The van der Waals surface area contributed by atoms with Crippen molar-refractivity contribution < 1.29 is 14.5 Å². The minimum atomic E-state index is -0.555. The topological polar surface area (TPSA) is 81.5 Å². The molecule has 0 aliphatic heterocycles. The van der Waals surface area contributed by atoms with E-state index in [0.717, 1.165) is 5.56 Å². The van der Waals surface area contributed by atoms with Crippen LogP contribution in [0.2, 0.25) is 0 Å². The van der Waals surface area contributed by atoms with Gasteiger partial charge in [-0.05, 0) is 25.1 Å². The van der Waals surface area contributed by atoms with Crippen molar-refractivity contribution in [3.05, 3.63) is 63.7 Å². The number of ether oxygens (including phenoxy) is 1. The standard InChI is InChI=1S/C15H14N2O4/c1-10-3-6-12(7-4-10)16-15(18)11-5-8-13(17(19)20)14(9-11)21-2/h3-9H,1-2H3,(H,16,18). The van der Waals surface area contributed by atoms with Crippen LogP contribution in [0, 0.1) is 17.0 Å². The molecule has 1 N–H and O–H groups in total. The lowest BCUT2D eigenvalue weighted by molar-refractivity contribution is -0.385. The fourth-order valence-electron chi connectivity index (χ4n) is 1.81. The molecule has 2 aromatic carbocycles. The summed E-state index contributed by atoms with van der Waals surface area (Å²) in [6.45, 7) is 1.95. The minimum absolute atomic E-state index is 0.0524. The summed E-state index contributed by atoms with van der Waals surface area (Å²) in [5, 5.41) is 13.5. The van der Waals surface area contributed by atoms with E-state index in [-0.39, 0.29) is 22.9 Å². The monoisotopic (exact) mass is 286 g/mol. The highest BCUT2D eigenvalue weighted by Gasteiger charge is 2.17. The lowest BCUT2D eigenvalue weighted by Crippen LogP contribution is -2.12. The quantitative estimate of drug-likeness (QED) is 0.691. The number of nitrogens with zero attached hydrogens (tertiary/aromatic N) is 1. The Bertz CT molecular complexity index is 681. The molecule has 0 bridgehead atoms. The van der Waals surface area contributed by atoms with E-state index < -0.39 is 4.92 Å². The number of nitro groups is 1. The van der Waals surface area contributed by atoms with Gasteiger partial charge < -0.3 is 10.1 Å². The van der Waals surface area contributed by atoms with Gasteiger partial charge in [-0.3, -0.25) is 14.9 Å². The van der Waals surface area contributed by atoms with Crippen LogP contribution in [-0.2, 0) is 0 Å². The smallest absolute Gasteiger partial charge is 0.310 e. The Labute approximate surface area is 121 Å². The predicted octanol–water partition coefficient (Wildman–Crippen LogP) is 3.16. The van der Waals surface area contributed by atoms with Crippen molar-refractivity contribution in [3.8, 4) is 5.75 Å². The Morgan fingerprint density at radius 2 is 1.86 bits per heavy atom. The van der Waals surface area contributed by atoms with Gasteiger partial charge >= 0.3 is 5.69 Å². The van der Waals surface area contributed by atoms with Gasteiger partial charge in [0.2, 0.25) is 0 Å². The molecular formula is C15H14N2O4. The van der Waals surface area contributed by atoms with E-state index in [2.05, 4.69) is 5.32 Å². The molecule has 6 nitrogen and oxygen atoms in total. The van der Waals surface area contributed by atoms with Crippen molar-refractivity contribution >= 4 is 17.3 Å².